The van der Waals surface area contributed by atoms with Crippen molar-refractivity contribution in [2.24, 2.45) is 0 Å². The molecule has 0 N–H and O–H groups in total. The highest BCUT2D eigenvalue weighted by molar-refractivity contribution is 4.76. The van der Waals surface area contributed by atoms with Crippen LogP contribution in [0.2, 0.25) is 0 Å². The van der Waals surface area contributed by atoms with Crippen molar-refractivity contribution in [1.82, 2.24) is 0 Å². The van der Waals surface area contributed by atoms with Gasteiger partial charge in [-0.2, -0.15) is 0 Å². The van der Waals surface area contributed by atoms with Gasteiger partial charge in [0.25, 0.3) is 0 Å². The highest BCUT2D eigenvalue weighted by Gasteiger charge is 2.07. The normalized spacial score (nSPS) is 25.7. The molecule has 1 atom stereocenters. The average molecular weight is 128 g/mol. The highest BCUT2D eigenvalue weighted by atomic mass is 16.7. The number of rotatable bonds is 2. The Morgan fingerprint density at radius 2 is 2.56 bits per heavy atom. The minimum Gasteiger partial charge on any atom is -0.473 e. The highest BCUT2D eigenvalue weighted by Crippen LogP contribution is 2.07. The van der Waals surface area contributed by atoms with Crippen molar-refractivity contribution in [1.29, 1.82) is 0 Å². The van der Waals surface area contributed by atoms with Crippen LogP contribution in [0.25, 0.3) is 0 Å². The second-order valence-corrected chi connectivity index (χ2v) is 2.06. The van der Waals surface area contributed by atoms with Crippen molar-refractivity contribution in [2.45, 2.75) is 26.1 Å². The predicted molar refractivity (Wildman–Crippen MR) is 34.9 cm³/mol. The van der Waals surface area contributed by atoms with E-state index in [0.29, 0.717) is 6.61 Å². The number of hydrogen-bond donors (Lipinski definition) is 0. The van der Waals surface area contributed by atoms with E-state index >= 15 is 0 Å². The van der Waals surface area contributed by atoms with Crippen LogP contribution < -0.4 is 0 Å². The standard InChI is InChI=1S/C7H12O2/c1-2-4-7-8-5-3-6-9-7/h3,5,7H,2,4,6H2,1H3. The molecule has 52 valence electrons. The van der Waals surface area contributed by atoms with Gasteiger partial charge in [0.1, 0.15) is 0 Å². The minimum absolute atomic E-state index is 0.0139. The molecule has 0 aromatic carbocycles. The molecule has 0 aromatic heterocycles. The van der Waals surface area contributed by atoms with Gasteiger partial charge in [0.15, 0.2) is 6.29 Å². The quantitative estimate of drug-likeness (QED) is 0.563. The lowest BCUT2D eigenvalue weighted by Gasteiger charge is -2.18. The van der Waals surface area contributed by atoms with Crippen molar-refractivity contribution in [2.75, 3.05) is 6.61 Å². The third kappa shape index (κ3) is 2.06. The molecule has 1 rings (SSSR count). The van der Waals surface area contributed by atoms with E-state index in [1.807, 2.05) is 6.08 Å². The van der Waals surface area contributed by atoms with Crippen LogP contribution in [-0.4, -0.2) is 12.9 Å². The Kier molecular flexibility index (Phi) is 2.58. The molecule has 0 radical (unpaired) electrons. The lowest BCUT2D eigenvalue weighted by Crippen LogP contribution is -2.17. The van der Waals surface area contributed by atoms with E-state index in [1.54, 1.807) is 6.26 Å². The second kappa shape index (κ2) is 3.51. The lowest BCUT2D eigenvalue weighted by molar-refractivity contribution is -0.114. The Labute approximate surface area is 55.5 Å². The molecule has 1 aliphatic heterocycles. The van der Waals surface area contributed by atoms with Crippen molar-refractivity contribution in [3.63, 3.8) is 0 Å². The van der Waals surface area contributed by atoms with E-state index in [4.69, 9.17) is 9.47 Å². The summed E-state index contributed by atoms with van der Waals surface area (Å²) < 4.78 is 10.3. The SMILES string of the molecule is CCCC1OC=CCO1. The summed E-state index contributed by atoms with van der Waals surface area (Å²) in [4.78, 5) is 0. The van der Waals surface area contributed by atoms with Gasteiger partial charge in [0.05, 0.1) is 12.9 Å². The summed E-state index contributed by atoms with van der Waals surface area (Å²) in [7, 11) is 0. The molecular formula is C7H12O2. The molecule has 0 amide bonds. The van der Waals surface area contributed by atoms with Crippen molar-refractivity contribution < 1.29 is 9.47 Å². The maximum Gasteiger partial charge on any atom is 0.199 e. The predicted octanol–water partition coefficient (Wildman–Crippen LogP) is 1.67. The first-order valence-electron chi connectivity index (χ1n) is 3.35. The van der Waals surface area contributed by atoms with E-state index in [-0.39, 0.29) is 6.29 Å². The van der Waals surface area contributed by atoms with Crippen molar-refractivity contribution in [3.05, 3.63) is 12.3 Å². The molecule has 2 nitrogen and oxygen atoms in total. The molecule has 0 saturated carbocycles. The summed E-state index contributed by atoms with van der Waals surface area (Å²) in [5, 5.41) is 0. The summed E-state index contributed by atoms with van der Waals surface area (Å²) in [6.45, 7) is 2.82. The zero-order valence-corrected chi connectivity index (χ0v) is 5.67. The molecule has 9 heavy (non-hydrogen) atoms. The van der Waals surface area contributed by atoms with E-state index in [2.05, 4.69) is 6.92 Å². The molecule has 0 saturated heterocycles. The topological polar surface area (TPSA) is 18.5 Å². The minimum atomic E-state index is 0.0139. The van der Waals surface area contributed by atoms with Gasteiger partial charge in [0.2, 0.25) is 0 Å². The fourth-order valence-electron chi connectivity index (χ4n) is 0.772. The summed E-state index contributed by atoms with van der Waals surface area (Å²) in [5.41, 5.74) is 0. The maximum absolute atomic E-state index is 5.21. The largest absolute Gasteiger partial charge is 0.473 e. The van der Waals surface area contributed by atoms with Gasteiger partial charge < -0.3 is 9.47 Å². The third-order valence-electron chi connectivity index (χ3n) is 1.23. The van der Waals surface area contributed by atoms with Crippen LogP contribution in [-0.2, 0) is 9.47 Å². The van der Waals surface area contributed by atoms with Gasteiger partial charge in [-0.15, -0.1) is 0 Å². The fraction of sp³-hybridized carbons (Fsp3) is 0.714. The molecule has 1 unspecified atom stereocenters. The van der Waals surface area contributed by atoms with Crippen LogP contribution in [0.3, 0.4) is 0 Å². The smallest absolute Gasteiger partial charge is 0.199 e. The Hall–Kier alpha value is -0.500. The van der Waals surface area contributed by atoms with Crippen LogP contribution in [0.1, 0.15) is 19.8 Å². The Morgan fingerprint density at radius 3 is 3.11 bits per heavy atom. The van der Waals surface area contributed by atoms with E-state index in [0.717, 1.165) is 12.8 Å². The molecule has 0 aliphatic carbocycles. The average Bonchev–Trinajstić information content (AvgIpc) is 1.91. The molecule has 0 aromatic rings. The molecule has 2 heteroatoms. The first-order chi connectivity index (χ1) is 4.43. The van der Waals surface area contributed by atoms with Gasteiger partial charge in [-0.05, 0) is 6.08 Å². The van der Waals surface area contributed by atoms with Crippen molar-refractivity contribution >= 4 is 0 Å². The molecule has 1 aliphatic rings. The Balaban J connectivity index is 2.18. The van der Waals surface area contributed by atoms with Gasteiger partial charge >= 0.3 is 0 Å². The van der Waals surface area contributed by atoms with Gasteiger partial charge in [-0.1, -0.05) is 13.3 Å². The van der Waals surface area contributed by atoms with Crippen LogP contribution in [0.4, 0.5) is 0 Å². The Morgan fingerprint density at radius 1 is 1.67 bits per heavy atom. The van der Waals surface area contributed by atoms with E-state index < -0.39 is 0 Å². The van der Waals surface area contributed by atoms with Gasteiger partial charge in [-0.25, -0.2) is 0 Å². The zero-order valence-electron chi connectivity index (χ0n) is 5.67. The van der Waals surface area contributed by atoms with Gasteiger partial charge in [0, 0.05) is 6.42 Å². The van der Waals surface area contributed by atoms with E-state index in [1.165, 1.54) is 0 Å². The van der Waals surface area contributed by atoms with Crippen LogP contribution >= 0.6 is 0 Å². The molecule has 0 fully saturated rings. The Bertz CT molecular complexity index is 99.1. The lowest BCUT2D eigenvalue weighted by atomic mass is 10.3. The summed E-state index contributed by atoms with van der Waals surface area (Å²) in [6, 6.07) is 0. The molecule has 0 spiro atoms. The molecular weight excluding hydrogens is 116 g/mol. The van der Waals surface area contributed by atoms with Gasteiger partial charge in [-0.3, -0.25) is 0 Å². The fourth-order valence-corrected chi connectivity index (χ4v) is 0.772. The summed E-state index contributed by atoms with van der Waals surface area (Å²) >= 11 is 0. The van der Waals surface area contributed by atoms with Crippen LogP contribution in [0.5, 0.6) is 0 Å². The second-order valence-electron chi connectivity index (χ2n) is 2.06. The molecule has 1 heterocycles. The summed E-state index contributed by atoms with van der Waals surface area (Å²) in [6.07, 6.45) is 5.69. The number of ether oxygens (including phenoxy) is 2. The van der Waals surface area contributed by atoms with Crippen LogP contribution in [0, 0.1) is 0 Å². The first-order valence-corrected chi connectivity index (χ1v) is 3.35. The van der Waals surface area contributed by atoms with E-state index in [9.17, 15) is 0 Å². The first kappa shape index (κ1) is 6.62. The number of hydrogen-bond acceptors (Lipinski definition) is 2. The summed E-state index contributed by atoms with van der Waals surface area (Å²) in [5.74, 6) is 0. The van der Waals surface area contributed by atoms with Crippen LogP contribution in [0.15, 0.2) is 12.3 Å². The maximum atomic E-state index is 5.21. The third-order valence-corrected chi connectivity index (χ3v) is 1.23. The molecule has 0 bridgehead atoms. The monoisotopic (exact) mass is 128 g/mol. The zero-order chi connectivity index (χ0) is 6.53. The van der Waals surface area contributed by atoms with Crippen molar-refractivity contribution in [3.8, 4) is 0 Å².